The molecule has 1 unspecified atom stereocenters. The number of aryl methyl sites for hydroxylation is 1. The molecule has 1 heterocycles. The molecular weight excluding hydrogens is 300 g/mol. The van der Waals surface area contributed by atoms with E-state index < -0.39 is 0 Å². The van der Waals surface area contributed by atoms with Crippen molar-refractivity contribution in [1.29, 1.82) is 0 Å². The summed E-state index contributed by atoms with van der Waals surface area (Å²) < 4.78 is 5.44. The number of hydrogen-bond acceptors (Lipinski definition) is 4. The molecule has 24 heavy (non-hydrogen) atoms. The van der Waals surface area contributed by atoms with Gasteiger partial charge in [-0.2, -0.15) is 0 Å². The average molecular weight is 322 g/mol. The highest BCUT2D eigenvalue weighted by molar-refractivity contribution is 5.59. The van der Waals surface area contributed by atoms with Crippen LogP contribution in [0.3, 0.4) is 0 Å². The molecule has 0 amide bonds. The summed E-state index contributed by atoms with van der Waals surface area (Å²) in [5, 5.41) is 16.9. The Morgan fingerprint density at radius 1 is 1.08 bits per heavy atom. The monoisotopic (exact) mass is 322 g/mol. The standard InChI is InChI=1S/C20H22N2O2/c1-15-7-9-17(10-8-15)20-13-18(24-22-20)14-21-19(11-12-23)16-5-3-2-4-6-16/h2-10,13,19,21,23H,11-12,14H2,1H3. The van der Waals surface area contributed by atoms with Crippen molar-refractivity contribution in [2.45, 2.75) is 25.9 Å². The van der Waals surface area contributed by atoms with Crippen LogP contribution >= 0.6 is 0 Å². The highest BCUT2D eigenvalue weighted by Gasteiger charge is 2.12. The average Bonchev–Trinajstić information content (AvgIpc) is 3.09. The number of hydrogen-bond donors (Lipinski definition) is 2. The van der Waals surface area contributed by atoms with Gasteiger partial charge in [0.15, 0.2) is 5.76 Å². The molecule has 0 aliphatic carbocycles. The van der Waals surface area contributed by atoms with E-state index in [2.05, 4.69) is 41.7 Å². The van der Waals surface area contributed by atoms with E-state index in [1.54, 1.807) is 0 Å². The summed E-state index contributed by atoms with van der Waals surface area (Å²) in [5.41, 5.74) is 4.26. The first-order chi connectivity index (χ1) is 11.8. The molecule has 0 saturated carbocycles. The first kappa shape index (κ1) is 16.4. The Morgan fingerprint density at radius 3 is 2.54 bits per heavy atom. The van der Waals surface area contributed by atoms with Crippen molar-refractivity contribution in [3.05, 3.63) is 77.6 Å². The van der Waals surface area contributed by atoms with Gasteiger partial charge in [0.25, 0.3) is 0 Å². The third-order valence-corrected chi connectivity index (χ3v) is 4.05. The van der Waals surface area contributed by atoms with E-state index in [-0.39, 0.29) is 12.6 Å². The van der Waals surface area contributed by atoms with E-state index in [4.69, 9.17) is 4.52 Å². The van der Waals surface area contributed by atoms with Gasteiger partial charge in [-0.05, 0) is 18.9 Å². The van der Waals surface area contributed by atoms with Crippen molar-refractivity contribution >= 4 is 0 Å². The molecule has 0 radical (unpaired) electrons. The third kappa shape index (κ3) is 4.10. The van der Waals surface area contributed by atoms with Gasteiger partial charge in [-0.25, -0.2) is 0 Å². The minimum Gasteiger partial charge on any atom is -0.396 e. The fourth-order valence-corrected chi connectivity index (χ4v) is 2.68. The molecular formula is C20H22N2O2. The third-order valence-electron chi connectivity index (χ3n) is 4.05. The summed E-state index contributed by atoms with van der Waals surface area (Å²) in [6, 6.07) is 20.4. The lowest BCUT2D eigenvalue weighted by molar-refractivity contribution is 0.261. The second-order valence-corrected chi connectivity index (χ2v) is 5.90. The quantitative estimate of drug-likeness (QED) is 0.693. The number of nitrogens with one attached hydrogen (secondary N) is 1. The van der Waals surface area contributed by atoms with E-state index in [1.165, 1.54) is 5.56 Å². The Kier molecular flexibility index (Phi) is 5.41. The molecule has 1 atom stereocenters. The Labute approximate surface area is 142 Å². The predicted octanol–water partition coefficient (Wildman–Crippen LogP) is 3.86. The highest BCUT2D eigenvalue weighted by atomic mass is 16.5. The zero-order chi connectivity index (χ0) is 16.8. The van der Waals surface area contributed by atoms with Gasteiger partial charge in [0.2, 0.25) is 0 Å². The van der Waals surface area contributed by atoms with Crippen molar-refractivity contribution < 1.29 is 9.63 Å². The summed E-state index contributed by atoms with van der Waals surface area (Å²) in [5.74, 6) is 0.782. The molecule has 4 heteroatoms. The molecule has 2 N–H and O–H groups in total. The Balaban J connectivity index is 1.66. The fourth-order valence-electron chi connectivity index (χ4n) is 2.68. The normalized spacial score (nSPS) is 12.2. The van der Waals surface area contributed by atoms with Gasteiger partial charge >= 0.3 is 0 Å². The van der Waals surface area contributed by atoms with Crippen molar-refractivity contribution in [3.63, 3.8) is 0 Å². The molecule has 0 saturated heterocycles. The van der Waals surface area contributed by atoms with Crippen LogP contribution in [0.1, 0.15) is 29.3 Å². The molecule has 124 valence electrons. The minimum atomic E-state index is 0.0872. The van der Waals surface area contributed by atoms with Crippen molar-refractivity contribution in [1.82, 2.24) is 10.5 Å². The molecule has 3 rings (SSSR count). The Bertz CT molecular complexity index is 751. The number of nitrogens with zero attached hydrogens (tertiary/aromatic N) is 1. The fraction of sp³-hybridized carbons (Fsp3) is 0.250. The molecule has 1 aromatic heterocycles. The van der Waals surface area contributed by atoms with Gasteiger partial charge in [-0.15, -0.1) is 0 Å². The van der Waals surface area contributed by atoms with Crippen LogP contribution in [-0.4, -0.2) is 16.9 Å². The van der Waals surface area contributed by atoms with Crippen molar-refractivity contribution in [2.75, 3.05) is 6.61 Å². The minimum absolute atomic E-state index is 0.0872. The molecule has 4 nitrogen and oxygen atoms in total. The maximum atomic E-state index is 9.29. The van der Waals surface area contributed by atoms with Gasteiger partial charge in [0.1, 0.15) is 5.69 Å². The maximum absolute atomic E-state index is 9.29. The Hall–Kier alpha value is -2.43. The lowest BCUT2D eigenvalue weighted by Gasteiger charge is -2.17. The summed E-state index contributed by atoms with van der Waals surface area (Å²) in [6.45, 7) is 2.77. The van der Waals surface area contributed by atoms with Gasteiger partial charge in [-0.3, -0.25) is 0 Å². The van der Waals surface area contributed by atoms with Crippen LogP contribution < -0.4 is 5.32 Å². The highest BCUT2D eigenvalue weighted by Crippen LogP contribution is 2.21. The number of rotatable bonds is 7. The van der Waals surface area contributed by atoms with Crippen LogP contribution in [0.5, 0.6) is 0 Å². The van der Waals surface area contributed by atoms with Crippen LogP contribution in [0.2, 0.25) is 0 Å². The lowest BCUT2D eigenvalue weighted by atomic mass is 10.0. The van der Waals surface area contributed by atoms with E-state index in [0.717, 1.165) is 22.6 Å². The summed E-state index contributed by atoms with van der Waals surface area (Å²) in [7, 11) is 0. The van der Waals surface area contributed by atoms with E-state index in [9.17, 15) is 5.11 Å². The van der Waals surface area contributed by atoms with Gasteiger partial charge in [-0.1, -0.05) is 65.3 Å². The zero-order valence-corrected chi connectivity index (χ0v) is 13.8. The molecule has 0 bridgehead atoms. The molecule has 2 aromatic carbocycles. The lowest BCUT2D eigenvalue weighted by Crippen LogP contribution is -2.21. The van der Waals surface area contributed by atoms with Gasteiger partial charge < -0.3 is 14.9 Å². The number of aromatic nitrogens is 1. The number of benzene rings is 2. The van der Waals surface area contributed by atoms with Gasteiger partial charge in [0.05, 0.1) is 6.54 Å². The predicted molar refractivity (Wildman–Crippen MR) is 94.4 cm³/mol. The maximum Gasteiger partial charge on any atom is 0.151 e. The zero-order valence-electron chi connectivity index (χ0n) is 13.8. The van der Waals surface area contributed by atoms with Crippen LogP contribution in [0.4, 0.5) is 0 Å². The van der Waals surface area contributed by atoms with E-state index in [1.807, 2.05) is 36.4 Å². The van der Waals surface area contributed by atoms with Crippen molar-refractivity contribution in [3.8, 4) is 11.3 Å². The smallest absolute Gasteiger partial charge is 0.151 e. The summed E-state index contributed by atoms with van der Waals surface area (Å²) >= 11 is 0. The molecule has 3 aromatic rings. The van der Waals surface area contributed by atoms with Crippen molar-refractivity contribution in [2.24, 2.45) is 0 Å². The molecule has 0 aliphatic rings. The molecule has 0 fully saturated rings. The largest absolute Gasteiger partial charge is 0.396 e. The molecule has 0 aliphatic heterocycles. The SMILES string of the molecule is Cc1ccc(-c2cc(CNC(CCO)c3ccccc3)on2)cc1. The second-order valence-electron chi connectivity index (χ2n) is 5.90. The molecule has 0 spiro atoms. The topological polar surface area (TPSA) is 58.3 Å². The van der Waals surface area contributed by atoms with E-state index >= 15 is 0 Å². The van der Waals surface area contributed by atoms with Crippen LogP contribution in [0.15, 0.2) is 65.2 Å². The summed E-state index contributed by atoms with van der Waals surface area (Å²) in [6.07, 6.45) is 0.656. The summed E-state index contributed by atoms with van der Waals surface area (Å²) in [4.78, 5) is 0. The first-order valence-electron chi connectivity index (χ1n) is 8.18. The number of aliphatic hydroxyl groups excluding tert-OH is 1. The van der Waals surface area contributed by atoms with Crippen LogP contribution in [-0.2, 0) is 6.54 Å². The van der Waals surface area contributed by atoms with Crippen LogP contribution in [0.25, 0.3) is 11.3 Å². The van der Waals surface area contributed by atoms with E-state index in [0.29, 0.717) is 13.0 Å². The van der Waals surface area contributed by atoms with Crippen LogP contribution in [0, 0.1) is 6.92 Å². The number of aliphatic hydroxyl groups is 1. The second kappa shape index (κ2) is 7.90. The first-order valence-corrected chi connectivity index (χ1v) is 8.18. The van der Waals surface area contributed by atoms with Gasteiger partial charge in [0, 0.05) is 24.3 Å². The Morgan fingerprint density at radius 2 is 1.83 bits per heavy atom.